The first kappa shape index (κ1) is 9.92. The van der Waals surface area contributed by atoms with E-state index in [0.29, 0.717) is 5.82 Å². The van der Waals surface area contributed by atoms with Crippen LogP contribution in [0.25, 0.3) is 0 Å². The van der Waals surface area contributed by atoms with Crippen molar-refractivity contribution >= 4 is 12.0 Å². The molecule has 0 spiro atoms. The van der Waals surface area contributed by atoms with Gasteiger partial charge in [-0.2, -0.15) is 0 Å². The Morgan fingerprint density at radius 2 is 2.46 bits per heavy atom. The zero-order chi connectivity index (χ0) is 9.68. The molecular formula is C9H15N3O. The second kappa shape index (κ2) is 4.77. The number of carbonyl (C=O) groups is 1. The lowest BCUT2D eigenvalue weighted by Gasteiger charge is -2.14. The molecule has 0 saturated heterocycles. The molecule has 1 aliphatic rings. The molecule has 1 rings (SSSR count). The number of carbonyl (C=O) groups excluding carboxylic acids is 1. The van der Waals surface area contributed by atoms with E-state index in [0.717, 1.165) is 19.4 Å². The molecule has 4 nitrogen and oxygen atoms in total. The van der Waals surface area contributed by atoms with Gasteiger partial charge >= 0.3 is 0 Å². The second-order valence-corrected chi connectivity index (χ2v) is 3.04. The third kappa shape index (κ3) is 2.99. The van der Waals surface area contributed by atoms with Gasteiger partial charge in [0.15, 0.2) is 5.78 Å². The number of nitrogens with zero attached hydrogens (tertiary/aromatic N) is 1. The first-order valence-electron chi connectivity index (χ1n) is 4.52. The van der Waals surface area contributed by atoms with Crippen molar-refractivity contribution in [2.45, 2.75) is 25.8 Å². The van der Waals surface area contributed by atoms with Crippen LogP contribution in [0.2, 0.25) is 0 Å². The van der Waals surface area contributed by atoms with E-state index >= 15 is 0 Å². The van der Waals surface area contributed by atoms with Crippen LogP contribution in [0.1, 0.15) is 19.8 Å². The number of unbranched alkanes of at least 4 members (excludes halogenated alkanes) is 1. The minimum absolute atomic E-state index is 0.0229. The highest BCUT2D eigenvalue weighted by Crippen LogP contribution is 1.99. The molecule has 13 heavy (non-hydrogen) atoms. The molecule has 0 radical (unpaired) electrons. The van der Waals surface area contributed by atoms with Crippen molar-refractivity contribution in [3.8, 4) is 0 Å². The third-order valence-corrected chi connectivity index (χ3v) is 1.88. The molecule has 0 aromatic heterocycles. The number of hydrogen-bond acceptors (Lipinski definition) is 4. The standard InChI is InChI=1S/C9H15N3O/c1-2-3-4-11-7-5-9(10)12-6-8(7)13/h5-7,11H,2-4,10H2,1H3. The lowest BCUT2D eigenvalue weighted by Crippen LogP contribution is -2.38. The van der Waals surface area contributed by atoms with Gasteiger partial charge in [-0.05, 0) is 19.0 Å². The van der Waals surface area contributed by atoms with Crippen molar-refractivity contribution in [2.24, 2.45) is 10.7 Å². The molecule has 1 aliphatic heterocycles. The molecule has 0 aliphatic carbocycles. The van der Waals surface area contributed by atoms with Crippen LogP contribution in [0.15, 0.2) is 16.9 Å². The van der Waals surface area contributed by atoms with E-state index in [4.69, 9.17) is 5.73 Å². The molecule has 1 unspecified atom stereocenters. The Bertz CT molecular complexity index is 245. The summed E-state index contributed by atoms with van der Waals surface area (Å²) in [6, 6.07) is -0.274. The Morgan fingerprint density at radius 3 is 3.15 bits per heavy atom. The zero-order valence-corrected chi connectivity index (χ0v) is 7.79. The molecule has 0 amide bonds. The summed E-state index contributed by atoms with van der Waals surface area (Å²) in [5, 5.41) is 3.11. The summed E-state index contributed by atoms with van der Waals surface area (Å²) in [6.45, 7) is 2.94. The van der Waals surface area contributed by atoms with Gasteiger partial charge in [-0.25, -0.2) is 4.99 Å². The summed E-state index contributed by atoms with van der Waals surface area (Å²) in [5.41, 5.74) is 5.46. The summed E-state index contributed by atoms with van der Waals surface area (Å²) < 4.78 is 0. The van der Waals surface area contributed by atoms with Gasteiger partial charge < -0.3 is 11.1 Å². The Balaban J connectivity index is 2.41. The van der Waals surface area contributed by atoms with Gasteiger partial charge in [0, 0.05) is 0 Å². The average Bonchev–Trinajstić information content (AvgIpc) is 2.11. The number of rotatable bonds is 4. The van der Waals surface area contributed by atoms with Gasteiger partial charge in [0.05, 0.1) is 12.3 Å². The molecule has 4 heteroatoms. The molecule has 0 saturated carbocycles. The second-order valence-electron chi connectivity index (χ2n) is 3.04. The fourth-order valence-electron chi connectivity index (χ4n) is 1.11. The van der Waals surface area contributed by atoms with Crippen LogP contribution in [-0.4, -0.2) is 24.6 Å². The van der Waals surface area contributed by atoms with Crippen molar-refractivity contribution in [1.29, 1.82) is 0 Å². The third-order valence-electron chi connectivity index (χ3n) is 1.88. The summed E-state index contributed by atoms with van der Waals surface area (Å²) in [7, 11) is 0. The largest absolute Gasteiger partial charge is 0.384 e. The number of ketones is 1. The smallest absolute Gasteiger partial charge is 0.194 e. The molecule has 1 heterocycles. The summed E-state index contributed by atoms with van der Waals surface area (Å²) in [5.74, 6) is 0.388. The van der Waals surface area contributed by atoms with Gasteiger partial charge in [-0.3, -0.25) is 4.79 Å². The van der Waals surface area contributed by atoms with E-state index in [1.54, 1.807) is 6.08 Å². The maximum absolute atomic E-state index is 11.2. The van der Waals surface area contributed by atoms with Crippen LogP contribution in [-0.2, 0) is 4.79 Å². The molecule has 1 atom stereocenters. The van der Waals surface area contributed by atoms with Gasteiger partial charge in [0.25, 0.3) is 0 Å². The number of nitrogens with one attached hydrogen (secondary N) is 1. The highest BCUT2D eigenvalue weighted by atomic mass is 16.1. The molecule has 0 aromatic rings. The minimum Gasteiger partial charge on any atom is -0.384 e. The normalized spacial score (nSPS) is 21.8. The Kier molecular flexibility index (Phi) is 3.64. The SMILES string of the molecule is CCCCNC1C=C(N)N=CC1=O. The number of aliphatic imine (C=N–C) groups is 1. The van der Waals surface area contributed by atoms with Crippen molar-refractivity contribution in [3.05, 3.63) is 11.9 Å². The lowest BCUT2D eigenvalue weighted by atomic mass is 10.1. The van der Waals surface area contributed by atoms with Gasteiger partial charge in [0.2, 0.25) is 0 Å². The quantitative estimate of drug-likeness (QED) is 0.609. The predicted octanol–water partition coefficient (Wildman–Crippen LogP) is 0.198. The molecule has 0 bridgehead atoms. The van der Waals surface area contributed by atoms with Crippen molar-refractivity contribution < 1.29 is 4.79 Å². The van der Waals surface area contributed by atoms with Gasteiger partial charge in [-0.1, -0.05) is 13.3 Å². The fourth-order valence-corrected chi connectivity index (χ4v) is 1.11. The highest BCUT2D eigenvalue weighted by Gasteiger charge is 2.16. The van der Waals surface area contributed by atoms with Crippen LogP contribution >= 0.6 is 0 Å². The van der Waals surface area contributed by atoms with Crippen LogP contribution in [0.4, 0.5) is 0 Å². The number of hydrogen-bond donors (Lipinski definition) is 2. The van der Waals surface area contributed by atoms with E-state index < -0.39 is 0 Å². The van der Waals surface area contributed by atoms with E-state index in [-0.39, 0.29) is 11.8 Å². The molecule has 72 valence electrons. The Labute approximate surface area is 77.9 Å². The predicted molar refractivity (Wildman–Crippen MR) is 52.5 cm³/mol. The first-order chi connectivity index (χ1) is 6.24. The summed E-state index contributed by atoms with van der Waals surface area (Å²) >= 11 is 0. The maximum atomic E-state index is 11.2. The minimum atomic E-state index is -0.274. The van der Waals surface area contributed by atoms with E-state index in [1.807, 2.05) is 0 Å². The lowest BCUT2D eigenvalue weighted by molar-refractivity contribution is -0.113. The Hall–Kier alpha value is -1.16. The molecule has 0 fully saturated rings. The fraction of sp³-hybridized carbons (Fsp3) is 0.556. The number of nitrogens with two attached hydrogens (primary N) is 1. The summed E-state index contributed by atoms with van der Waals surface area (Å²) in [4.78, 5) is 14.9. The van der Waals surface area contributed by atoms with Crippen LogP contribution in [0.3, 0.4) is 0 Å². The number of Topliss-reactive ketones (excluding diaryl/α,β-unsaturated/α-hetero) is 1. The van der Waals surface area contributed by atoms with Crippen LogP contribution < -0.4 is 11.1 Å². The summed E-state index contributed by atoms with van der Waals surface area (Å²) in [6.07, 6.45) is 5.10. The first-order valence-corrected chi connectivity index (χ1v) is 4.52. The van der Waals surface area contributed by atoms with Gasteiger partial charge in [0.1, 0.15) is 5.82 Å². The topological polar surface area (TPSA) is 67.5 Å². The maximum Gasteiger partial charge on any atom is 0.194 e. The average molecular weight is 181 g/mol. The van der Waals surface area contributed by atoms with Crippen LogP contribution in [0.5, 0.6) is 0 Å². The molecular weight excluding hydrogens is 166 g/mol. The monoisotopic (exact) mass is 181 g/mol. The highest BCUT2D eigenvalue weighted by molar-refractivity contribution is 6.31. The zero-order valence-electron chi connectivity index (χ0n) is 7.79. The van der Waals surface area contributed by atoms with Crippen molar-refractivity contribution in [1.82, 2.24) is 5.32 Å². The molecule has 0 aromatic carbocycles. The van der Waals surface area contributed by atoms with Crippen molar-refractivity contribution in [3.63, 3.8) is 0 Å². The van der Waals surface area contributed by atoms with E-state index in [2.05, 4.69) is 17.2 Å². The van der Waals surface area contributed by atoms with Gasteiger partial charge in [-0.15, -0.1) is 0 Å². The van der Waals surface area contributed by atoms with Crippen LogP contribution in [0, 0.1) is 0 Å². The Morgan fingerprint density at radius 1 is 1.69 bits per heavy atom. The molecule has 3 N–H and O–H groups in total. The van der Waals surface area contributed by atoms with Crippen molar-refractivity contribution in [2.75, 3.05) is 6.54 Å². The van der Waals surface area contributed by atoms with E-state index in [9.17, 15) is 4.79 Å². The van der Waals surface area contributed by atoms with E-state index in [1.165, 1.54) is 6.21 Å².